The van der Waals surface area contributed by atoms with Gasteiger partial charge in [0.25, 0.3) is 0 Å². The number of phosphoric acid groups is 1. The fourth-order valence-corrected chi connectivity index (χ4v) is 6.28. The summed E-state index contributed by atoms with van der Waals surface area (Å²) in [5, 5.41) is 0. The predicted molar refractivity (Wildman–Crippen MR) is 220 cm³/mol. The number of nitrogens with two attached hydrogens (primary N) is 1. The van der Waals surface area contributed by atoms with E-state index in [9.17, 15) is 19.0 Å². The van der Waals surface area contributed by atoms with Crippen molar-refractivity contribution in [3.05, 3.63) is 48.6 Å². The first-order valence-electron chi connectivity index (χ1n) is 21.1. The molecule has 0 aromatic carbocycles. The van der Waals surface area contributed by atoms with Crippen LogP contribution in [0.5, 0.6) is 0 Å². The minimum Gasteiger partial charge on any atom is -0.462 e. The van der Waals surface area contributed by atoms with Crippen molar-refractivity contribution in [1.29, 1.82) is 0 Å². The summed E-state index contributed by atoms with van der Waals surface area (Å²) in [7, 11) is -4.38. The Hall–Kier alpha value is -2.03. The number of carbonyl (C=O) groups is 2. The molecular formula is C43H78NO8P. The summed E-state index contributed by atoms with van der Waals surface area (Å²) in [5.41, 5.74) is 5.34. The third-order valence-electron chi connectivity index (χ3n) is 8.69. The van der Waals surface area contributed by atoms with Gasteiger partial charge in [0.1, 0.15) is 6.61 Å². The van der Waals surface area contributed by atoms with Gasteiger partial charge in [-0.3, -0.25) is 18.6 Å². The number of hydrogen-bond acceptors (Lipinski definition) is 8. The first-order chi connectivity index (χ1) is 25.8. The number of phosphoric ester groups is 1. The SMILES string of the molecule is CCCCCC=CCC=CCC=CCCCCCCC(=O)O[C@H](COC(=O)CCCCCCCCCC=CCCCCCC)COP(=O)(O)OCCN. The lowest BCUT2D eigenvalue weighted by Gasteiger charge is -2.19. The molecule has 1 unspecified atom stereocenters. The normalized spacial score (nSPS) is 13.8. The van der Waals surface area contributed by atoms with Gasteiger partial charge in [0, 0.05) is 19.4 Å². The van der Waals surface area contributed by atoms with Crippen LogP contribution in [-0.2, 0) is 32.7 Å². The first kappa shape index (κ1) is 51.0. The van der Waals surface area contributed by atoms with Crippen LogP contribution in [0.15, 0.2) is 48.6 Å². The average Bonchev–Trinajstić information content (AvgIpc) is 3.14. The third-order valence-corrected chi connectivity index (χ3v) is 9.67. The van der Waals surface area contributed by atoms with E-state index >= 15 is 0 Å². The van der Waals surface area contributed by atoms with E-state index in [1.165, 1.54) is 77.0 Å². The zero-order valence-electron chi connectivity index (χ0n) is 33.7. The van der Waals surface area contributed by atoms with Crippen LogP contribution >= 0.6 is 7.82 Å². The van der Waals surface area contributed by atoms with Gasteiger partial charge in [-0.25, -0.2) is 4.57 Å². The lowest BCUT2D eigenvalue weighted by atomic mass is 10.1. The highest BCUT2D eigenvalue weighted by atomic mass is 31.2. The van der Waals surface area contributed by atoms with E-state index in [4.69, 9.17) is 24.3 Å². The molecule has 2 atom stereocenters. The maximum atomic E-state index is 12.6. The lowest BCUT2D eigenvalue weighted by molar-refractivity contribution is -0.161. The van der Waals surface area contributed by atoms with E-state index in [0.29, 0.717) is 6.42 Å². The number of rotatable bonds is 39. The number of unbranched alkanes of at least 4 members (excludes halogenated alkanes) is 18. The number of carbonyl (C=O) groups excluding carboxylic acids is 2. The standard InChI is InChI=1S/C43H78NO8P/c1-3-5-7-9-11-13-15-17-19-20-22-24-26-28-30-32-34-36-43(46)52-41(40-51-53(47,48)50-38-37-44)39-49-42(45)35-33-31-29-27-25-23-21-18-16-14-12-10-8-6-4-2/h11,13-14,16-17,19,22,24,41H,3-10,12,15,18,20-21,23,25-40,44H2,1-2H3,(H,47,48)/t41-/m1/s1. The van der Waals surface area contributed by atoms with Crippen LogP contribution in [0.4, 0.5) is 0 Å². The van der Waals surface area contributed by atoms with Gasteiger partial charge in [-0.2, -0.15) is 0 Å². The summed E-state index contributed by atoms with van der Waals surface area (Å²) in [6.07, 6.45) is 44.2. The van der Waals surface area contributed by atoms with Crippen LogP contribution in [0.1, 0.15) is 181 Å². The summed E-state index contributed by atoms with van der Waals surface area (Å²) >= 11 is 0. The van der Waals surface area contributed by atoms with Gasteiger partial charge in [-0.1, -0.05) is 140 Å². The number of esters is 2. The number of hydrogen-bond donors (Lipinski definition) is 2. The molecule has 0 bridgehead atoms. The van der Waals surface area contributed by atoms with E-state index in [-0.39, 0.29) is 32.6 Å². The Labute approximate surface area is 324 Å². The molecule has 308 valence electrons. The molecule has 0 aliphatic rings. The maximum absolute atomic E-state index is 12.6. The highest BCUT2D eigenvalue weighted by Crippen LogP contribution is 2.43. The molecule has 0 aromatic heterocycles. The van der Waals surface area contributed by atoms with E-state index < -0.39 is 32.5 Å². The van der Waals surface area contributed by atoms with Crippen LogP contribution < -0.4 is 5.73 Å². The molecule has 0 aliphatic carbocycles. The van der Waals surface area contributed by atoms with Crippen molar-refractivity contribution in [2.45, 2.75) is 187 Å². The Balaban J connectivity index is 4.23. The van der Waals surface area contributed by atoms with Gasteiger partial charge in [-0.15, -0.1) is 0 Å². The van der Waals surface area contributed by atoms with E-state index in [1.807, 2.05) is 0 Å². The Kier molecular flexibility index (Phi) is 38.1. The zero-order valence-corrected chi connectivity index (χ0v) is 34.6. The van der Waals surface area contributed by atoms with Crippen molar-refractivity contribution in [3.63, 3.8) is 0 Å². The highest BCUT2D eigenvalue weighted by molar-refractivity contribution is 7.47. The molecule has 0 amide bonds. The third kappa shape index (κ3) is 39.5. The van der Waals surface area contributed by atoms with Crippen LogP contribution in [0.25, 0.3) is 0 Å². The molecule has 10 heteroatoms. The van der Waals surface area contributed by atoms with E-state index in [2.05, 4.69) is 62.5 Å². The summed E-state index contributed by atoms with van der Waals surface area (Å²) < 4.78 is 32.7. The fourth-order valence-electron chi connectivity index (χ4n) is 5.52. The Morgan fingerprint density at radius 3 is 1.51 bits per heavy atom. The minimum absolute atomic E-state index is 0.0475. The van der Waals surface area contributed by atoms with Crippen molar-refractivity contribution in [2.75, 3.05) is 26.4 Å². The molecule has 0 heterocycles. The molecule has 0 spiro atoms. The highest BCUT2D eigenvalue weighted by Gasteiger charge is 2.26. The summed E-state index contributed by atoms with van der Waals surface area (Å²) in [6, 6.07) is 0. The van der Waals surface area contributed by atoms with Gasteiger partial charge in [-0.05, 0) is 77.0 Å². The molecular weight excluding hydrogens is 689 g/mol. The minimum atomic E-state index is -4.38. The summed E-state index contributed by atoms with van der Waals surface area (Å²) in [6.45, 7) is 3.65. The van der Waals surface area contributed by atoms with Crippen molar-refractivity contribution in [3.8, 4) is 0 Å². The molecule has 0 rings (SSSR count). The van der Waals surface area contributed by atoms with Gasteiger partial charge < -0.3 is 20.1 Å². The molecule has 9 nitrogen and oxygen atoms in total. The summed E-state index contributed by atoms with van der Waals surface area (Å²) in [4.78, 5) is 34.8. The van der Waals surface area contributed by atoms with Gasteiger partial charge in [0.2, 0.25) is 0 Å². The van der Waals surface area contributed by atoms with Gasteiger partial charge in [0.05, 0.1) is 13.2 Å². The second-order valence-electron chi connectivity index (χ2n) is 13.8. The van der Waals surface area contributed by atoms with Gasteiger partial charge in [0.15, 0.2) is 6.10 Å². The van der Waals surface area contributed by atoms with Crippen LogP contribution in [0.2, 0.25) is 0 Å². The van der Waals surface area contributed by atoms with Gasteiger partial charge >= 0.3 is 19.8 Å². The smallest absolute Gasteiger partial charge is 0.462 e. The van der Waals surface area contributed by atoms with Crippen LogP contribution in [0.3, 0.4) is 0 Å². The Bertz CT molecular complexity index is 1010. The topological polar surface area (TPSA) is 134 Å². The van der Waals surface area contributed by atoms with E-state index in [0.717, 1.165) is 70.6 Å². The first-order valence-corrected chi connectivity index (χ1v) is 22.6. The second kappa shape index (κ2) is 39.7. The monoisotopic (exact) mass is 768 g/mol. The summed E-state index contributed by atoms with van der Waals surface area (Å²) in [5.74, 6) is -0.860. The molecule has 3 N–H and O–H groups in total. The quantitative estimate of drug-likeness (QED) is 0.0271. The number of ether oxygens (including phenoxy) is 2. The van der Waals surface area contributed by atoms with Crippen LogP contribution in [-0.4, -0.2) is 49.3 Å². The van der Waals surface area contributed by atoms with Crippen molar-refractivity contribution in [1.82, 2.24) is 0 Å². The molecule has 0 saturated carbocycles. The predicted octanol–water partition coefficient (Wildman–Crippen LogP) is 11.9. The average molecular weight is 768 g/mol. The fraction of sp³-hybridized carbons (Fsp3) is 0.767. The Morgan fingerprint density at radius 2 is 0.981 bits per heavy atom. The van der Waals surface area contributed by atoms with Crippen molar-refractivity contribution in [2.24, 2.45) is 5.73 Å². The molecule has 0 aliphatic heterocycles. The Morgan fingerprint density at radius 1 is 0.566 bits per heavy atom. The molecule has 0 radical (unpaired) electrons. The van der Waals surface area contributed by atoms with Crippen molar-refractivity contribution < 1.29 is 37.6 Å². The van der Waals surface area contributed by atoms with Crippen LogP contribution in [0, 0.1) is 0 Å². The molecule has 0 fully saturated rings. The molecule has 0 saturated heterocycles. The molecule has 53 heavy (non-hydrogen) atoms. The number of allylic oxidation sites excluding steroid dienone is 8. The molecule has 0 aromatic rings. The largest absolute Gasteiger partial charge is 0.472 e. The van der Waals surface area contributed by atoms with Crippen molar-refractivity contribution >= 4 is 19.8 Å². The van der Waals surface area contributed by atoms with E-state index in [1.54, 1.807) is 0 Å². The zero-order chi connectivity index (χ0) is 38.9. The second-order valence-corrected chi connectivity index (χ2v) is 15.3. The lowest BCUT2D eigenvalue weighted by Crippen LogP contribution is -2.29. The maximum Gasteiger partial charge on any atom is 0.472 e.